The summed E-state index contributed by atoms with van der Waals surface area (Å²) in [5.41, 5.74) is 0.888. The number of anilines is 1. The van der Waals surface area contributed by atoms with Crippen LogP contribution in [0.1, 0.15) is 13.3 Å². The number of hydrogen-bond acceptors (Lipinski definition) is 6. The zero-order valence-corrected chi connectivity index (χ0v) is 11.0. The van der Waals surface area contributed by atoms with E-state index in [0.29, 0.717) is 17.3 Å². The van der Waals surface area contributed by atoms with Gasteiger partial charge in [0.05, 0.1) is 0 Å². The van der Waals surface area contributed by atoms with Crippen molar-refractivity contribution in [3.63, 3.8) is 0 Å². The van der Waals surface area contributed by atoms with Crippen LogP contribution >= 0.6 is 11.3 Å². The quantitative estimate of drug-likeness (QED) is 0.931. The second-order valence-electron chi connectivity index (χ2n) is 3.88. The molecule has 1 aliphatic heterocycles. The normalized spacial score (nSPS) is 12.5. The number of carbonyl (C=O) groups excluding carboxylic acids is 1. The second kappa shape index (κ2) is 4.85. The molecule has 1 aromatic heterocycles. The Kier molecular flexibility index (Phi) is 3.04. The zero-order valence-electron chi connectivity index (χ0n) is 10.2. The predicted octanol–water partition coefficient (Wildman–Crippen LogP) is 2.28. The van der Waals surface area contributed by atoms with Gasteiger partial charge in [-0.05, 0) is 18.2 Å². The van der Waals surface area contributed by atoms with Crippen LogP contribution in [0.2, 0.25) is 0 Å². The van der Waals surface area contributed by atoms with E-state index in [9.17, 15) is 4.79 Å². The van der Waals surface area contributed by atoms with Gasteiger partial charge in [0.2, 0.25) is 17.8 Å². The van der Waals surface area contributed by atoms with Gasteiger partial charge in [0.25, 0.3) is 0 Å². The van der Waals surface area contributed by atoms with E-state index in [1.54, 1.807) is 6.92 Å². The lowest BCUT2D eigenvalue weighted by Crippen LogP contribution is -2.08. The van der Waals surface area contributed by atoms with Gasteiger partial charge in [-0.1, -0.05) is 18.3 Å². The third-order valence-corrected chi connectivity index (χ3v) is 3.50. The fraction of sp³-hybridized carbons (Fsp3) is 0.250. The van der Waals surface area contributed by atoms with E-state index in [1.807, 2.05) is 18.2 Å². The highest BCUT2D eigenvalue weighted by Gasteiger charge is 2.16. The van der Waals surface area contributed by atoms with Crippen LogP contribution in [0.5, 0.6) is 11.5 Å². The number of ether oxygens (including phenoxy) is 2. The maximum absolute atomic E-state index is 11.3. The Bertz CT molecular complexity index is 626. The highest BCUT2D eigenvalue weighted by molar-refractivity contribution is 7.18. The summed E-state index contributed by atoms with van der Waals surface area (Å²) in [6.45, 7) is 2.03. The van der Waals surface area contributed by atoms with Gasteiger partial charge in [0.1, 0.15) is 5.01 Å². The highest BCUT2D eigenvalue weighted by atomic mass is 32.1. The number of nitrogens with zero attached hydrogens (tertiary/aromatic N) is 2. The average molecular weight is 277 g/mol. The second-order valence-corrected chi connectivity index (χ2v) is 4.86. The van der Waals surface area contributed by atoms with Crippen LogP contribution in [0.3, 0.4) is 0 Å². The minimum atomic E-state index is -0.0756. The van der Waals surface area contributed by atoms with Gasteiger partial charge in [0, 0.05) is 12.0 Å². The first kappa shape index (κ1) is 11.9. The Morgan fingerprint density at radius 2 is 2.21 bits per heavy atom. The summed E-state index contributed by atoms with van der Waals surface area (Å²) in [6.07, 6.45) is 0.416. The van der Waals surface area contributed by atoms with E-state index in [4.69, 9.17) is 9.47 Å². The van der Waals surface area contributed by atoms with Crippen molar-refractivity contribution in [1.29, 1.82) is 0 Å². The number of rotatable bonds is 3. The van der Waals surface area contributed by atoms with Crippen LogP contribution in [0.25, 0.3) is 10.6 Å². The monoisotopic (exact) mass is 277 g/mol. The molecule has 0 aliphatic carbocycles. The number of fused-ring (bicyclic) bond motifs is 1. The molecular weight excluding hydrogens is 266 g/mol. The van der Waals surface area contributed by atoms with Crippen LogP contribution in [-0.2, 0) is 4.79 Å². The molecule has 1 aliphatic rings. The summed E-state index contributed by atoms with van der Waals surface area (Å²) >= 11 is 1.32. The standard InChI is InChI=1S/C12H11N3O3S/c1-2-10(16)13-12-15-14-11(19-12)7-3-4-8-9(5-7)18-6-17-8/h3-5H,2,6H2,1H3,(H,13,15,16). The molecule has 0 unspecified atom stereocenters. The lowest BCUT2D eigenvalue weighted by Gasteiger charge is -1.98. The maximum Gasteiger partial charge on any atom is 0.231 e. The fourth-order valence-electron chi connectivity index (χ4n) is 1.63. The van der Waals surface area contributed by atoms with Crippen molar-refractivity contribution in [2.24, 2.45) is 0 Å². The van der Waals surface area contributed by atoms with E-state index in [2.05, 4.69) is 15.5 Å². The molecule has 19 heavy (non-hydrogen) atoms. The first-order valence-corrected chi connectivity index (χ1v) is 6.61. The summed E-state index contributed by atoms with van der Waals surface area (Å²) in [5.74, 6) is 1.35. The van der Waals surface area contributed by atoms with Gasteiger partial charge < -0.3 is 14.8 Å². The average Bonchev–Trinajstić information content (AvgIpc) is 3.05. The Morgan fingerprint density at radius 1 is 1.37 bits per heavy atom. The Balaban J connectivity index is 1.84. The van der Waals surface area contributed by atoms with Gasteiger partial charge in [-0.2, -0.15) is 0 Å². The highest BCUT2D eigenvalue weighted by Crippen LogP contribution is 2.37. The number of nitrogens with one attached hydrogen (secondary N) is 1. The van der Waals surface area contributed by atoms with E-state index in [0.717, 1.165) is 16.3 Å². The van der Waals surface area contributed by atoms with Crippen LogP contribution in [-0.4, -0.2) is 22.9 Å². The fourth-order valence-corrected chi connectivity index (χ4v) is 2.38. The van der Waals surface area contributed by atoms with Crippen molar-refractivity contribution in [2.75, 3.05) is 12.1 Å². The number of amides is 1. The van der Waals surface area contributed by atoms with Gasteiger partial charge in [-0.25, -0.2) is 0 Å². The van der Waals surface area contributed by atoms with E-state index >= 15 is 0 Å². The molecule has 0 saturated carbocycles. The largest absolute Gasteiger partial charge is 0.454 e. The Hall–Kier alpha value is -2.15. The summed E-state index contributed by atoms with van der Waals surface area (Å²) in [7, 11) is 0. The molecule has 0 bridgehead atoms. The van der Waals surface area contributed by atoms with Crippen molar-refractivity contribution in [3.8, 4) is 22.1 Å². The summed E-state index contributed by atoms with van der Waals surface area (Å²) in [6, 6.07) is 5.58. The SMILES string of the molecule is CCC(=O)Nc1nnc(-c2ccc3c(c2)OCO3)s1. The minimum absolute atomic E-state index is 0.0756. The molecule has 2 aromatic rings. The third kappa shape index (κ3) is 2.37. The van der Waals surface area contributed by atoms with Crippen LogP contribution in [0, 0.1) is 0 Å². The molecule has 0 atom stereocenters. The zero-order chi connectivity index (χ0) is 13.2. The van der Waals surface area contributed by atoms with Crippen LogP contribution in [0.15, 0.2) is 18.2 Å². The molecule has 0 saturated heterocycles. The summed E-state index contributed by atoms with van der Waals surface area (Å²) in [5, 5.41) is 11.9. The Morgan fingerprint density at radius 3 is 3.05 bits per heavy atom. The maximum atomic E-state index is 11.3. The summed E-state index contributed by atoms with van der Waals surface area (Å²) < 4.78 is 10.6. The molecule has 3 rings (SSSR count). The molecular formula is C12H11N3O3S. The topological polar surface area (TPSA) is 73.3 Å². The van der Waals surface area contributed by atoms with E-state index in [1.165, 1.54) is 11.3 Å². The molecule has 2 heterocycles. The molecule has 1 amide bonds. The van der Waals surface area contributed by atoms with Crippen molar-refractivity contribution >= 4 is 22.4 Å². The number of benzene rings is 1. The lowest BCUT2D eigenvalue weighted by atomic mass is 10.2. The molecule has 7 heteroatoms. The van der Waals surface area contributed by atoms with E-state index < -0.39 is 0 Å². The third-order valence-electron chi connectivity index (χ3n) is 2.61. The predicted molar refractivity (Wildman–Crippen MR) is 70.4 cm³/mol. The number of hydrogen-bond donors (Lipinski definition) is 1. The first-order valence-electron chi connectivity index (χ1n) is 5.79. The van der Waals surface area contributed by atoms with Crippen molar-refractivity contribution in [2.45, 2.75) is 13.3 Å². The van der Waals surface area contributed by atoms with Crippen molar-refractivity contribution < 1.29 is 14.3 Å². The van der Waals surface area contributed by atoms with Crippen LogP contribution in [0.4, 0.5) is 5.13 Å². The molecule has 1 aromatic carbocycles. The van der Waals surface area contributed by atoms with Crippen LogP contribution < -0.4 is 14.8 Å². The molecule has 6 nitrogen and oxygen atoms in total. The summed E-state index contributed by atoms with van der Waals surface area (Å²) in [4.78, 5) is 11.3. The first-order chi connectivity index (χ1) is 9.26. The smallest absolute Gasteiger partial charge is 0.231 e. The minimum Gasteiger partial charge on any atom is -0.454 e. The lowest BCUT2D eigenvalue weighted by molar-refractivity contribution is -0.115. The van der Waals surface area contributed by atoms with Gasteiger partial charge in [0.15, 0.2) is 11.5 Å². The molecule has 98 valence electrons. The van der Waals surface area contributed by atoms with Gasteiger partial charge in [-0.15, -0.1) is 10.2 Å². The number of carbonyl (C=O) groups is 1. The van der Waals surface area contributed by atoms with Crippen molar-refractivity contribution in [1.82, 2.24) is 10.2 Å². The molecule has 0 fully saturated rings. The van der Waals surface area contributed by atoms with Gasteiger partial charge in [-0.3, -0.25) is 4.79 Å². The molecule has 0 spiro atoms. The number of aromatic nitrogens is 2. The Labute approximate surface area is 113 Å². The van der Waals surface area contributed by atoms with E-state index in [-0.39, 0.29) is 12.7 Å². The molecule has 0 radical (unpaired) electrons. The van der Waals surface area contributed by atoms with Gasteiger partial charge >= 0.3 is 0 Å². The van der Waals surface area contributed by atoms with Crippen molar-refractivity contribution in [3.05, 3.63) is 18.2 Å². The molecule has 1 N–H and O–H groups in total.